The Morgan fingerprint density at radius 1 is 1.10 bits per heavy atom. The van der Waals surface area contributed by atoms with Gasteiger partial charge in [-0.05, 0) is 55.1 Å². The van der Waals surface area contributed by atoms with Gasteiger partial charge in [0.05, 0.1) is 7.11 Å². The summed E-state index contributed by atoms with van der Waals surface area (Å²) in [5, 5.41) is 0. The van der Waals surface area contributed by atoms with Crippen molar-refractivity contribution in [3.8, 4) is 5.75 Å². The highest BCUT2D eigenvalue weighted by atomic mass is 16.5. The second-order valence-electron chi connectivity index (χ2n) is 5.87. The molecule has 110 valence electrons. The Labute approximate surface area is 127 Å². The molecule has 0 fully saturated rings. The van der Waals surface area contributed by atoms with Gasteiger partial charge >= 0.3 is 0 Å². The van der Waals surface area contributed by atoms with Gasteiger partial charge in [-0.2, -0.15) is 0 Å². The smallest absolute Gasteiger partial charge is 0.118 e. The Morgan fingerprint density at radius 2 is 1.86 bits per heavy atom. The van der Waals surface area contributed by atoms with Gasteiger partial charge in [0.15, 0.2) is 0 Å². The Balaban J connectivity index is 1.75. The third-order valence-corrected chi connectivity index (χ3v) is 4.46. The molecule has 1 atom stereocenters. The van der Waals surface area contributed by atoms with E-state index in [4.69, 9.17) is 4.74 Å². The second-order valence-corrected chi connectivity index (χ2v) is 5.87. The first-order chi connectivity index (χ1) is 10.3. The van der Waals surface area contributed by atoms with Crippen molar-refractivity contribution in [3.05, 3.63) is 65.2 Å². The minimum Gasteiger partial charge on any atom is -0.497 e. The summed E-state index contributed by atoms with van der Waals surface area (Å²) in [5.74, 6) is 0.921. The Bertz CT molecular complexity index is 591. The lowest BCUT2D eigenvalue weighted by Crippen LogP contribution is -2.27. The zero-order chi connectivity index (χ0) is 14.7. The summed E-state index contributed by atoms with van der Waals surface area (Å²) in [7, 11) is 3.94. The maximum atomic E-state index is 5.22. The summed E-state index contributed by atoms with van der Waals surface area (Å²) in [4.78, 5) is 2.47. The van der Waals surface area contributed by atoms with E-state index in [2.05, 4.69) is 48.3 Å². The lowest BCUT2D eigenvalue weighted by atomic mass is 9.87. The average molecular weight is 281 g/mol. The van der Waals surface area contributed by atoms with E-state index in [-0.39, 0.29) is 0 Å². The standard InChI is InChI=1S/C19H23NO/c1-20(14-15-10-12-17(21-2)13-11-15)19-9-5-7-16-6-3-4-8-18(16)19/h3-4,6,8,10-13,19H,5,7,9,14H2,1-2H3. The Morgan fingerprint density at radius 3 is 2.62 bits per heavy atom. The summed E-state index contributed by atoms with van der Waals surface area (Å²) in [6, 6.07) is 17.8. The van der Waals surface area contributed by atoms with Gasteiger partial charge in [-0.15, -0.1) is 0 Å². The largest absolute Gasteiger partial charge is 0.497 e. The molecule has 0 radical (unpaired) electrons. The molecule has 0 saturated heterocycles. The predicted molar refractivity (Wildman–Crippen MR) is 86.6 cm³/mol. The van der Waals surface area contributed by atoms with E-state index >= 15 is 0 Å². The molecule has 0 spiro atoms. The highest BCUT2D eigenvalue weighted by Crippen LogP contribution is 2.34. The zero-order valence-corrected chi connectivity index (χ0v) is 12.9. The number of fused-ring (bicyclic) bond motifs is 1. The summed E-state index contributed by atoms with van der Waals surface area (Å²) >= 11 is 0. The molecule has 3 rings (SSSR count). The van der Waals surface area contributed by atoms with Crippen LogP contribution in [0.2, 0.25) is 0 Å². The lowest BCUT2D eigenvalue weighted by Gasteiger charge is -2.33. The van der Waals surface area contributed by atoms with E-state index in [0.717, 1.165) is 12.3 Å². The van der Waals surface area contributed by atoms with Crippen LogP contribution in [-0.2, 0) is 13.0 Å². The SMILES string of the molecule is COc1ccc(CN(C)C2CCCc3ccccc32)cc1. The maximum absolute atomic E-state index is 5.22. The minimum absolute atomic E-state index is 0.539. The molecule has 0 bridgehead atoms. The number of methoxy groups -OCH3 is 1. The van der Waals surface area contributed by atoms with Crippen molar-refractivity contribution in [2.75, 3.05) is 14.2 Å². The van der Waals surface area contributed by atoms with Crippen LogP contribution in [0.1, 0.15) is 35.6 Å². The third-order valence-electron chi connectivity index (χ3n) is 4.46. The topological polar surface area (TPSA) is 12.5 Å². The van der Waals surface area contributed by atoms with Gasteiger partial charge < -0.3 is 4.74 Å². The first kappa shape index (κ1) is 14.2. The highest BCUT2D eigenvalue weighted by molar-refractivity contribution is 5.32. The molecule has 1 aliphatic carbocycles. The van der Waals surface area contributed by atoms with Crippen molar-refractivity contribution in [2.45, 2.75) is 31.8 Å². The number of ether oxygens (including phenoxy) is 1. The van der Waals surface area contributed by atoms with Crippen molar-refractivity contribution >= 4 is 0 Å². The molecule has 2 heteroatoms. The second kappa shape index (κ2) is 6.31. The number of nitrogens with zero attached hydrogens (tertiary/aromatic N) is 1. The Kier molecular flexibility index (Phi) is 4.26. The molecule has 0 amide bonds. The van der Waals surface area contributed by atoms with Crippen molar-refractivity contribution in [1.29, 1.82) is 0 Å². The number of rotatable bonds is 4. The first-order valence-electron chi connectivity index (χ1n) is 7.69. The highest BCUT2D eigenvalue weighted by Gasteiger charge is 2.23. The lowest BCUT2D eigenvalue weighted by molar-refractivity contribution is 0.213. The summed E-state index contributed by atoms with van der Waals surface area (Å²) in [6.45, 7) is 0.975. The van der Waals surface area contributed by atoms with Crippen LogP contribution >= 0.6 is 0 Å². The zero-order valence-electron chi connectivity index (χ0n) is 12.9. The van der Waals surface area contributed by atoms with Gasteiger partial charge in [-0.1, -0.05) is 36.4 Å². The van der Waals surface area contributed by atoms with Gasteiger partial charge in [0.1, 0.15) is 5.75 Å². The summed E-state index contributed by atoms with van der Waals surface area (Å²) in [5.41, 5.74) is 4.37. The van der Waals surface area contributed by atoms with Crippen molar-refractivity contribution < 1.29 is 4.74 Å². The van der Waals surface area contributed by atoms with Gasteiger partial charge in [0, 0.05) is 12.6 Å². The molecular weight excluding hydrogens is 258 g/mol. The van der Waals surface area contributed by atoms with Crippen molar-refractivity contribution in [3.63, 3.8) is 0 Å². The average Bonchev–Trinajstić information content (AvgIpc) is 2.55. The van der Waals surface area contributed by atoms with Gasteiger partial charge in [0.25, 0.3) is 0 Å². The minimum atomic E-state index is 0.539. The van der Waals surface area contributed by atoms with Crippen molar-refractivity contribution in [1.82, 2.24) is 4.90 Å². The molecule has 2 aromatic carbocycles. The third kappa shape index (κ3) is 3.11. The fourth-order valence-corrected chi connectivity index (χ4v) is 3.32. The molecule has 1 aliphatic rings. The molecular formula is C19H23NO. The number of hydrogen-bond acceptors (Lipinski definition) is 2. The Hall–Kier alpha value is -1.80. The summed E-state index contributed by atoms with van der Waals surface area (Å²) < 4.78 is 5.22. The molecule has 0 aromatic heterocycles. The molecule has 0 N–H and O–H groups in total. The fourth-order valence-electron chi connectivity index (χ4n) is 3.32. The molecule has 0 saturated carbocycles. The summed E-state index contributed by atoms with van der Waals surface area (Å²) in [6.07, 6.45) is 3.77. The van der Waals surface area contributed by atoms with Crippen LogP contribution in [0.25, 0.3) is 0 Å². The van der Waals surface area contributed by atoms with Crippen LogP contribution in [0, 0.1) is 0 Å². The first-order valence-corrected chi connectivity index (χ1v) is 7.69. The maximum Gasteiger partial charge on any atom is 0.118 e. The molecule has 2 aromatic rings. The van der Waals surface area contributed by atoms with E-state index < -0.39 is 0 Å². The van der Waals surface area contributed by atoms with E-state index in [9.17, 15) is 0 Å². The van der Waals surface area contributed by atoms with E-state index in [1.165, 1.54) is 36.0 Å². The number of hydrogen-bond donors (Lipinski definition) is 0. The van der Waals surface area contributed by atoms with E-state index in [1.54, 1.807) is 7.11 Å². The van der Waals surface area contributed by atoms with Crippen LogP contribution in [0.4, 0.5) is 0 Å². The number of benzene rings is 2. The van der Waals surface area contributed by atoms with Crippen molar-refractivity contribution in [2.24, 2.45) is 0 Å². The molecule has 1 unspecified atom stereocenters. The predicted octanol–water partition coefficient (Wildman–Crippen LogP) is 4.20. The van der Waals surface area contributed by atoms with Crippen LogP contribution in [0.3, 0.4) is 0 Å². The quantitative estimate of drug-likeness (QED) is 0.832. The van der Waals surface area contributed by atoms with Crippen LogP contribution < -0.4 is 4.74 Å². The van der Waals surface area contributed by atoms with Crippen LogP contribution in [0.15, 0.2) is 48.5 Å². The van der Waals surface area contributed by atoms with Crippen LogP contribution in [-0.4, -0.2) is 19.1 Å². The normalized spacial score (nSPS) is 17.6. The molecule has 0 aliphatic heterocycles. The van der Waals surface area contributed by atoms with Gasteiger partial charge in [-0.3, -0.25) is 4.90 Å². The monoisotopic (exact) mass is 281 g/mol. The van der Waals surface area contributed by atoms with Crippen LogP contribution in [0.5, 0.6) is 5.75 Å². The molecule has 21 heavy (non-hydrogen) atoms. The molecule has 2 nitrogen and oxygen atoms in total. The van der Waals surface area contributed by atoms with E-state index in [1.807, 2.05) is 12.1 Å². The van der Waals surface area contributed by atoms with Gasteiger partial charge in [0.2, 0.25) is 0 Å². The number of aryl methyl sites for hydroxylation is 1. The molecule has 0 heterocycles. The fraction of sp³-hybridized carbons (Fsp3) is 0.368. The van der Waals surface area contributed by atoms with Gasteiger partial charge in [-0.25, -0.2) is 0 Å². The van der Waals surface area contributed by atoms with E-state index in [0.29, 0.717) is 6.04 Å².